The van der Waals surface area contributed by atoms with Gasteiger partial charge in [-0.3, -0.25) is 5.84 Å². The fourth-order valence-corrected chi connectivity index (χ4v) is 1.91. The van der Waals surface area contributed by atoms with Crippen LogP contribution in [0.2, 0.25) is 0 Å². The highest BCUT2D eigenvalue weighted by molar-refractivity contribution is 5.75. The Balaban J connectivity index is 2.18. The second kappa shape index (κ2) is 4.83. The van der Waals surface area contributed by atoms with Crippen molar-refractivity contribution in [2.45, 2.75) is 19.3 Å². The summed E-state index contributed by atoms with van der Waals surface area (Å²) in [6.45, 7) is 5.87. The van der Waals surface area contributed by atoms with E-state index in [0.717, 1.165) is 17.6 Å². The normalized spacial score (nSPS) is 12.2. The van der Waals surface area contributed by atoms with E-state index in [1.807, 2.05) is 6.07 Å². The molecule has 1 aromatic heterocycles. The van der Waals surface area contributed by atoms with Gasteiger partial charge >= 0.3 is 0 Å². The molecule has 0 atom stereocenters. The number of hydrogen-bond acceptors (Lipinski definition) is 4. The smallest absolute Gasteiger partial charge is 0.0931 e. The quantitative estimate of drug-likeness (QED) is 0.267. The monoisotopic (exact) mass is 233 g/mol. The summed E-state index contributed by atoms with van der Waals surface area (Å²) in [5.74, 6) is 5.23. The molecule has 0 aliphatic heterocycles. The van der Waals surface area contributed by atoms with Crippen LogP contribution in [0.4, 0.5) is 0 Å². The summed E-state index contributed by atoms with van der Waals surface area (Å²) in [5.41, 5.74) is 6.00. The average Bonchev–Trinajstić information content (AvgIpc) is 2.76. The van der Waals surface area contributed by atoms with E-state index < -0.39 is 0 Å². The molecule has 0 radical (unpaired) electrons. The van der Waals surface area contributed by atoms with Crippen molar-refractivity contribution in [2.24, 2.45) is 5.84 Å². The van der Waals surface area contributed by atoms with Crippen LogP contribution in [0.25, 0.3) is 11.0 Å². The summed E-state index contributed by atoms with van der Waals surface area (Å²) in [4.78, 5) is 7.36. The number of hydrazine groups is 1. The van der Waals surface area contributed by atoms with Crippen LogP contribution in [0.1, 0.15) is 19.4 Å². The van der Waals surface area contributed by atoms with Gasteiger partial charge < -0.3 is 10.3 Å². The molecule has 0 bridgehead atoms. The Labute approximate surface area is 101 Å². The van der Waals surface area contributed by atoms with Crippen LogP contribution >= 0.6 is 0 Å². The first-order chi connectivity index (χ1) is 8.13. The number of nitrogens with one attached hydrogen (secondary N) is 3. The fourth-order valence-electron chi connectivity index (χ4n) is 1.91. The van der Waals surface area contributed by atoms with E-state index in [4.69, 9.17) is 5.84 Å². The molecule has 0 aliphatic rings. The Hall–Kier alpha value is -1.43. The van der Waals surface area contributed by atoms with Gasteiger partial charge in [0, 0.05) is 12.0 Å². The van der Waals surface area contributed by atoms with Crippen molar-refractivity contribution in [3.8, 4) is 0 Å². The molecule has 2 rings (SSSR count). The van der Waals surface area contributed by atoms with Crippen LogP contribution in [0.3, 0.4) is 0 Å². The molecule has 0 amide bonds. The van der Waals surface area contributed by atoms with Crippen molar-refractivity contribution in [3.05, 3.63) is 30.1 Å². The van der Waals surface area contributed by atoms with Crippen molar-refractivity contribution < 1.29 is 0 Å². The number of H-pyrrole nitrogens is 1. The van der Waals surface area contributed by atoms with E-state index in [1.54, 1.807) is 6.33 Å². The van der Waals surface area contributed by atoms with Gasteiger partial charge in [0.1, 0.15) is 0 Å². The maximum absolute atomic E-state index is 5.23. The molecule has 92 valence electrons. The lowest BCUT2D eigenvalue weighted by Gasteiger charge is -2.25. The Morgan fingerprint density at radius 1 is 1.41 bits per heavy atom. The lowest BCUT2D eigenvalue weighted by Crippen LogP contribution is -2.40. The highest BCUT2D eigenvalue weighted by Gasteiger charge is 2.20. The third kappa shape index (κ3) is 2.63. The fraction of sp³-hybridized carbons (Fsp3) is 0.417. The third-order valence-corrected chi connectivity index (χ3v) is 3.00. The van der Waals surface area contributed by atoms with Gasteiger partial charge in [-0.2, -0.15) is 0 Å². The zero-order valence-corrected chi connectivity index (χ0v) is 10.2. The number of aromatic amines is 1. The SMILES string of the molecule is CC(C)(CNCNN)c1ccc2nc[nH]c2c1. The molecule has 5 nitrogen and oxygen atoms in total. The second-order valence-electron chi connectivity index (χ2n) is 4.83. The molecule has 1 aromatic carbocycles. The summed E-state index contributed by atoms with van der Waals surface area (Å²) >= 11 is 0. The molecular weight excluding hydrogens is 214 g/mol. The molecule has 5 N–H and O–H groups in total. The van der Waals surface area contributed by atoms with Crippen LogP contribution in [0, 0.1) is 0 Å². The van der Waals surface area contributed by atoms with Gasteiger partial charge in [0.25, 0.3) is 0 Å². The number of imidazole rings is 1. The highest BCUT2D eigenvalue weighted by Crippen LogP contribution is 2.24. The minimum atomic E-state index is 0.0517. The first kappa shape index (κ1) is 12.0. The standard InChI is InChI=1S/C12H19N5/c1-12(2,6-14-7-17-13)9-3-4-10-11(5-9)16-8-15-10/h3-5,8,14,17H,6-7,13H2,1-2H3,(H,15,16). The largest absolute Gasteiger partial charge is 0.345 e. The van der Waals surface area contributed by atoms with Gasteiger partial charge in [-0.05, 0) is 17.7 Å². The average molecular weight is 233 g/mol. The third-order valence-electron chi connectivity index (χ3n) is 3.00. The number of nitrogens with zero attached hydrogens (tertiary/aromatic N) is 1. The van der Waals surface area contributed by atoms with Crippen LogP contribution in [-0.4, -0.2) is 23.2 Å². The van der Waals surface area contributed by atoms with Gasteiger partial charge in [-0.25, -0.2) is 10.4 Å². The van der Waals surface area contributed by atoms with Gasteiger partial charge in [-0.1, -0.05) is 19.9 Å². The molecule has 0 spiro atoms. The van der Waals surface area contributed by atoms with Crippen molar-refractivity contribution in [3.63, 3.8) is 0 Å². The molecule has 17 heavy (non-hydrogen) atoms. The van der Waals surface area contributed by atoms with Crippen LogP contribution in [0.15, 0.2) is 24.5 Å². The maximum Gasteiger partial charge on any atom is 0.0931 e. The predicted octanol–water partition coefficient (Wildman–Crippen LogP) is 0.851. The van der Waals surface area contributed by atoms with E-state index in [1.165, 1.54) is 5.56 Å². The van der Waals surface area contributed by atoms with Gasteiger partial charge in [0.2, 0.25) is 0 Å². The van der Waals surface area contributed by atoms with Crippen LogP contribution < -0.4 is 16.6 Å². The van der Waals surface area contributed by atoms with E-state index in [2.05, 4.69) is 46.7 Å². The van der Waals surface area contributed by atoms with E-state index >= 15 is 0 Å². The first-order valence-corrected chi connectivity index (χ1v) is 5.71. The minimum Gasteiger partial charge on any atom is -0.345 e. The zero-order valence-electron chi connectivity index (χ0n) is 10.2. The first-order valence-electron chi connectivity index (χ1n) is 5.71. The molecular formula is C12H19N5. The number of fused-ring (bicyclic) bond motifs is 1. The predicted molar refractivity (Wildman–Crippen MR) is 69.3 cm³/mol. The van der Waals surface area contributed by atoms with Crippen molar-refractivity contribution in [1.29, 1.82) is 0 Å². The number of hydrogen-bond donors (Lipinski definition) is 4. The van der Waals surface area contributed by atoms with Gasteiger partial charge in [0.15, 0.2) is 0 Å². The second-order valence-corrected chi connectivity index (χ2v) is 4.83. The Morgan fingerprint density at radius 3 is 3.00 bits per heavy atom. The van der Waals surface area contributed by atoms with E-state index in [-0.39, 0.29) is 5.41 Å². The summed E-state index contributed by atoms with van der Waals surface area (Å²) in [7, 11) is 0. The lowest BCUT2D eigenvalue weighted by molar-refractivity contribution is 0.455. The van der Waals surface area contributed by atoms with Gasteiger partial charge in [-0.15, -0.1) is 0 Å². The molecule has 1 heterocycles. The summed E-state index contributed by atoms with van der Waals surface area (Å²) in [6.07, 6.45) is 1.72. The summed E-state index contributed by atoms with van der Waals surface area (Å²) < 4.78 is 0. The lowest BCUT2D eigenvalue weighted by atomic mass is 9.84. The molecule has 0 aliphatic carbocycles. The van der Waals surface area contributed by atoms with Crippen molar-refractivity contribution in [1.82, 2.24) is 20.7 Å². The molecule has 0 unspecified atom stereocenters. The Morgan fingerprint density at radius 2 is 2.24 bits per heavy atom. The topological polar surface area (TPSA) is 78.8 Å². The molecule has 0 fully saturated rings. The molecule has 0 saturated heterocycles. The van der Waals surface area contributed by atoms with Crippen LogP contribution in [-0.2, 0) is 5.41 Å². The number of benzene rings is 1. The Bertz CT molecular complexity index is 488. The number of aromatic nitrogens is 2. The van der Waals surface area contributed by atoms with Crippen molar-refractivity contribution >= 4 is 11.0 Å². The highest BCUT2D eigenvalue weighted by atomic mass is 15.3. The summed E-state index contributed by atoms with van der Waals surface area (Å²) in [5, 5.41) is 3.25. The van der Waals surface area contributed by atoms with E-state index in [9.17, 15) is 0 Å². The summed E-state index contributed by atoms with van der Waals surface area (Å²) in [6, 6.07) is 6.32. The molecule has 0 saturated carbocycles. The minimum absolute atomic E-state index is 0.0517. The zero-order chi connectivity index (χ0) is 12.3. The Kier molecular flexibility index (Phi) is 3.42. The number of rotatable bonds is 5. The van der Waals surface area contributed by atoms with Crippen LogP contribution in [0.5, 0.6) is 0 Å². The number of nitrogens with two attached hydrogens (primary N) is 1. The van der Waals surface area contributed by atoms with Crippen molar-refractivity contribution in [2.75, 3.05) is 13.2 Å². The molecule has 5 heteroatoms. The maximum atomic E-state index is 5.23. The van der Waals surface area contributed by atoms with Gasteiger partial charge in [0.05, 0.1) is 24.0 Å². The molecule has 2 aromatic rings. The van der Waals surface area contributed by atoms with E-state index in [0.29, 0.717) is 6.67 Å².